The fraction of sp³-hybridized carbons (Fsp3) is 0.273. The predicted molar refractivity (Wildman–Crippen MR) is 69.2 cm³/mol. The number of anilines is 1. The van der Waals surface area contributed by atoms with E-state index in [2.05, 4.69) is 5.32 Å². The Bertz CT molecular complexity index is 474. The fourth-order valence-corrected chi connectivity index (χ4v) is 1.40. The zero-order chi connectivity index (χ0) is 13.2. The normalized spacial score (nSPS) is 11.0. The van der Waals surface area contributed by atoms with Crippen LogP contribution in [0.5, 0.6) is 0 Å². The van der Waals surface area contributed by atoms with Gasteiger partial charge in [-0.05, 0) is 32.0 Å². The van der Waals surface area contributed by atoms with Crippen LogP contribution in [-0.4, -0.2) is 16.4 Å². The van der Waals surface area contributed by atoms with Gasteiger partial charge in [-0.3, -0.25) is 4.79 Å². The molecule has 0 spiro atoms. The van der Waals surface area contributed by atoms with Gasteiger partial charge in [-0.15, -0.1) is 0 Å². The van der Waals surface area contributed by atoms with Crippen molar-refractivity contribution in [2.75, 3.05) is 5.32 Å². The lowest BCUT2D eigenvalue weighted by Gasteiger charge is -2.25. The molecule has 0 aliphatic heterocycles. The maximum Gasteiger partial charge on any atom is 0.242 e. The van der Waals surface area contributed by atoms with E-state index in [4.69, 9.17) is 23.7 Å². The van der Waals surface area contributed by atoms with Gasteiger partial charge < -0.3 is 16.8 Å². The molecule has 1 rings (SSSR count). The number of amides is 1. The number of rotatable bonds is 4. The van der Waals surface area contributed by atoms with E-state index in [0.717, 1.165) is 0 Å². The molecule has 92 valence electrons. The standard InChI is InChI=1S/C11H14FN3OS/c1-11(2,10(14)16)15-8-4-3-6(12)5-7(8)9(13)17/h3-5,15H,1-2H3,(H2,13,17)(H2,14,16). The second-order valence-corrected chi connectivity index (χ2v) is 4.61. The first-order valence-electron chi connectivity index (χ1n) is 4.91. The Labute approximate surface area is 104 Å². The van der Waals surface area contributed by atoms with Gasteiger partial charge in [0.1, 0.15) is 16.3 Å². The van der Waals surface area contributed by atoms with Gasteiger partial charge in [-0.1, -0.05) is 12.2 Å². The number of nitrogens with two attached hydrogens (primary N) is 2. The number of halogens is 1. The summed E-state index contributed by atoms with van der Waals surface area (Å²) in [6.07, 6.45) is 0. The molecule has 5 N–H and O–H groups in total. The lowest BCUT2D eigenvalue weighted by Crippen LogP contribution is -2.45. The van der Waals surface area contributed by atoms with E-state index in [1.807, 2.05) is 0 Å². The zero-order valence-electron chi connectivity index (χ0n) is 9.58. The van der Waals surface area contributed by atoms with Crippen molar-refractivity contribution in [3.05, 3.63) is 29.6 Å². The highest BCUT2D eigenvalue weighted by molar-refractivity contribution is 7.80. The van der Waals surface area contributed by atoms with Crippen molar-refractivity contribution in [3.63, 3.8) is 0 Å². The van der Waals surface area contributed by atoms with Crippen molar-refractivity contribution in [1.82, 2.24) is 0 Å². The first-order valence-corrected chi connectivity index (χ1v) is 5.32. The minimum atomic E-state index is -0.975. The number of primary amides is 1. The van der Waals surface area contributed by atoms with Crippen LogP contribution < -0.4 is 16.8 Å². The van der Waals surface area contributed by atoms with Gasteiger partial charge in [0.2, 0.25) is 5.91 Å². The lowest BCUT2D eigenvalue weighted by atomic mass is 10.0. The van der Waals surface area contributed by atoms with Crippen molar-refractivity contribution in [2.24, 2.45) is 11.5 Å². The zero-order valence-corrected chi connectivity index (χ0v) is 10.4. The molecule has 1 aromatic carbocycles. The molecule has 0 unspecified atom stereocenters. The van der Waals surface area contributed by atoms with Gasteiger partial charge in [0.15, 0.2) is 0 Å². The van der Waals surface area contributed by atoms with Crippen molar-refractivity contribution >= 4 is 28.8 Å². The number of thiocarbonyl (C=S) groups is 1. The van der Waals surface area contributed by atoms with Gasteiger partial charge in [-0.2, -0.15) is 0 Å². The molecule has 0 bridgehead atoms. The average Bonchev–Trinajstić information content (AvgIpc) is 2.19. The topological polar surface area (TPSA) is 81.1 Å². The van der Waals surface area contributed by atoms with Crippen molar-refractivity contribution in [1.29, 1.82) is 0 Å². The van der Waals surface area contributed by atoms with E-state index in [-0.39, 0.29) is 4.99 Å². The molecular weight excluding hydrogens is 241 g/mol. The van der Waals surface area contributed by atoms with Crippen LogP contribution in [0.15, 0.2) is 18.2 Å². The van der Waals surface area contributed by atoms with Crippen molar-refractivity contribution < 1.29 is 9.18 Å². The summed E-state index contributed by atoms with van der Waals surface area (Å²) in [6.45, 7) is 3.23. The number of nitrogens with one attached hydrogen (secondary N) is 1. The summed E-state index contributed by atoms with van der Waals surface area (Å²) in [7, 11) is 0. The highest BCUT2D eigenvalue weighted by Gasteiger charge is 2.25. The molecule has 0 heterocycles. The SMILES string of the molecule is CC(C)(Nc1ccc(F)cc1C(N)=S)C(N)=O. The molecule has 0 aromatic heterocycles. The molecule has 4 nitrogen and oxygen atoms in total. The van der Waals surface area contributed by atoms with Gasteiger partial charge in [-0.25, -0.2) is 4.39 Å². The smallest absolute Gasteiger partial charge is 0.242 e. The summed E-state index contributed by atoms with van der Waals surface area (Å²) in [5.74, 6) is -0.981. The quantitative estimate of drug-likeness (QED) is 0.705. The van der Waals surface area contributed by atoms with Crippen molar-refractivity contribution in [2.45, 2.75) is 19.4 Å². The fourth-order valence-electron chi connectivity index (χ4n) is 1.23. The van der Waals surface area contributed by atoms with E-state index in [1.165, 1.54) is 18.2 Å². The Kier molecular flexibility index (Phi) is 3.67. The third-order valence-corrected chi connectivity index (χ3v) is 2.53. The van der Waals surface area contributed by atoms with Crippen LogP contribution in [0.4, 0.5) is 10.1 Å². The molecule has 1 aromatic rings. The van der Waals surface area contributed by atoms with Crippen molar-refractivity contribution in [3.8, 4) is 0 Å². The predicted octanol–water partition coefficient (Wildman–Crippen LogP) is 1.14. The van der Waals surface area contributed by atoms with Crippen LogP contribution in [0.2, 0.25) is 0 Å². The van der Waals surface area contributed by atoms with Gasteiger partial charge in [0, 0.05) is 11.3 Å². The first kappa shape index (κ1) is 13.4. The average molecular weight is 255 g/mol. The summed E-state index contributed by atoms with van der Waals surface area (Å²) in [5, 5.41) is 2.89. The molecule has 0 saturated heterocycles. The maximum atomic E-state index is 13.1. The molecule has 0 atom stereocenters. The first-order chi connectivity index (χ1) is 7.74. The molecule has 0 fully saturated rings. The Morgan fingerprint density at radius 3 is 2.47 bits per heavy atom. The van der Waals surface area contributed by atoms with E-state index in [1.54, 1.807) is 13.8 Å². The number of carbonyl (C=O) groups is 1. The van der Waals surface area contributed by atoms with Crippen LogP contribution in [0, 0.1) is 5.82 Å². The summed E-state index contributed by atoms with van der Waals surface area (Å²) >= 11 is 4.82. The number of benzene rings is 1. The Hall–Kier alpha value is -1.69. The molecule has 0 radical (unpaired) electrons. The summed E-state index contributed by atoms with van der Waals surface area (Å²) in [6, 6.07) is 3.93. The number of carbonyl (C=O) groups excluding carboxylic acids is 1. The minimum Gasteiger partial charge on any atom is -0.389 e. The summed E-state index contributed by atoms with van der Waals surface area (Å²) < 4.78 is 13.1. The minimum absolute atomic E-state index is 0.0484. The lowest BCUT2D eigenvalue weighted by molar-refractivity contribution is -0.121. The molecule has 1 amide bonds. The van der Waals surface area contributed by atoms with E-state index < -0.39 is 17.3 Å². The highest BCUT2D eigenvalue weighted by Crippen LogP contribution is 2.21. The summed E-state index contributed by atoms with van der Waals surface area (Å²) in [5.41, 5.74) is 10.6. The third-order valence-electron chi connectivity index (χ3n) is 2.31. The molecule has 0 aliphatic carbocycles. The van der Waals surface area contributed by atoms with E-state index in [0.29, 0.717) is 11.3 Å². The van der Waals surface area contributed by atoms with Crippen LogP contribution >= 0.6 is 12.2 Å². The van der Waals surface area contributed by atoms with Crippen LogP contribution in [0.25, 0.3) is 0 Å². The number of hydrogen-bond donors (Lipinski definition) is 3. The molecular formula is C11H14FN3OS. The monoisotopic (exact) mass is 255 g/mol. The third kappa shape index (κ3) is 3.13. The van der Waals surface area contributed by atoms with Gasteiger partial charge >= 0.3 is 0 Å². The second kappa shape index (κ2) is 4.67. The largest absolute Gasteiger partial charge is 0.389 e. The maximum absolute atomic E-state index is 13.1. The molecule has 6 heteroatoms. The van der Waals surface area contributed by atoms with Crippen LogP contribution in [0.1, 0.15) is 19.4 Å². The number of hydrogen-bond acceptors (Lipinski definition) is 3. The Balaban J connectivity index is 3.15. The van der Waals surface area contributed by atoms with E-state index in [9.17, 15) is 9.18 Å². The summed E-state index contributed by atoms with van der Waals surface area (Å²) in [4.78, 5) is 11.2. The van der Waals surface area contributed by atoms with Crippen LogP contribution in [-0.2, 0) is 4.79 Å². The highest BCUT2D eigenvalue weighted by atomic mass is 32.1. The molecule has 0 saturated carbocycles. The van der Waals surface area contributed by atoms with E-state index >= 15 is 0 Å². The van der Waals surface area contributed by atoms with Crippen LogP contribution in [0.3, 0.4) is 0 Å². The molecule has 0 aliphatic rings. The molecule has 17 heavy (non-hydrogen) atoms. The van der Waals surface area contributed by atoms with Gasteiger partial charge in [0.25, 0.3) is 0 Å². The second-order valence-electron chi connectivity index (χ2n) is 4.17. The Morgan fingerprint density at radius 1 is 1.41 bits per heavy atom. The Morgan fingerprint density at radius 2 is 2.00 bits per heavy atom. The van der Waals surface area contributed by atoms with Gasteiger partial charge in [0.05, 0.1) is 0 Å².